The molecule has 0 saturated heterocycles. The number of aryl methyl sites for hydroxylation is 1. The molecule has 0 fully saturated rings. The first kappa shape index (κ1) is 22.7. The first-order chi connectivity index (χ1) is 13.7. The molecule has 2 unspecified atom stereocenters. The van der Waals surface area contributed by atoms with E-state index in [-0.39, 0.29) is 0 Å². The van der Waals surface area contributed by atoms with Gasteiger partial charge in [0.05, 0.1) is 0 Å². The van der Waals surface area contributed by atoms with E-state index in [2.05, 4.69) is 55.0 Å². The molecular formula is C26H42N2. The van der Waals surface area contributed by atoms with Gasteiger partial charge >= 0.3 is 0 Å². The maximum absolute atomic E-state index is 4.49. The maximum atomic E-state index is 4.49. The molecule has 2 atom stereocenters. The van der Waals surface area contributed by atoms with Crippen LogP contribution in [0.1, 0.15) is 120 Å². The van der Waals surface area contributed by atoms with E-state index < -0.39 is 0 Å². The van der Waals surface area contributed by atoms with Crippen molar-refractivity contribution in [3.8, 4) is 0 Å². The SMILES string of the molecule is CCCCCCCCc1ccc(C(C)CCCC(CCC)c2ncc[nH]2)cc1. The van der Waals surface area contributed by atoms with Crippen molar-refractivity contribution in [1.29, 1.82) is 0 Å². The summed E-state index contributed by atoms with van der Waals surface area (Å²) >= 11 is 0. The molecule has 2 heteroatoms. The number of aromatic amines is 1. The summed E-state index contributed by atoms with van der Waals surface area (Å²) < 4.78 is 0. The number of benzene rings is 1. The molecule has 1 N–H and O–H groups in total. The van der Waals surface area contributed by atoms with Crippen molar-refractivity contribution in [2.45, 2.75) is 110 Å². The Kier molecular flexibility index (Phi) is 11.0. The fourth-order valence-electron chi connectivity index (χ4n) is 4.23. The lowest BCUT2D eigenvalue weighted by molar-refractivity contribution is 0.496. The Balaban J connectivity index is 1.69. The number of aromatic nitrogens is 2. The molecule has 0 bridgehead atoms. The van der Waals surface area contributed by atoms with Gasteiger partial charge in [-0.2, -0.15) is 0 Å². The van der Waals surface area contributed by atoms with Crippen molar-refractivity contribution >= 4 is 0 Å². The topological polar surface area (TPSA) is 28.7 Å². The highest BCUT2D eigenvalue weighted by atomic mass is 14.9. The number of unbranched alkanes of at least 4 members (excludes halogenated alkanes) is 5. The van der Waals surface area contributed by atoms with Crippen molar-refractivity contribution in [3.05, 3.63) is 53.6 Å². The molecule has 0 aliphatic heterocycles. The minimum Gasteiger partial charge on any atom is -0.348 e. The van der Waals surface area contributed by atoms with Crippen molar-refractivity contribution in [2.75, 3.05) is 0 Å². The van der Waals surface area contributed by atoms with Crippen LogP contribution in [0.15, 0.2) is 36.7 Å². The van der Waals surface area contributed by atoms with E-state index in [0.717, 1.165) is 0 Å². The Labute approximate surface area is 173 Å². The highest BCUT2D eigenvalue weighted by Crippen LogP contribution is 2.28. The van der Waals surface area contributed by atoms with Gasteiger partial charge in [0.25, 0.3) is 0 Å². The van der Waals surface area contributed by atoms with Gasteiger partial charge < -0.3 is 4.98 Å². The summed E-state index contributed by atoms with van der Waals surface area (Å²) in [6, 6.07) is 9.46. The molecule has 0 aliphatic carbocycles. The van der Waals surface area contributed by atoms with Gasteiger partial charge in [-0.1, -0.05) is 90.0 Å². The molecule has 2 aromatic rings. The van der Waals surface area contributed by atoms with E-state index in [0.29, 0.717) is 11.8 Å². The van der Waals surface area contributed by atoms with Gasteiger partial charge in [0.15, 0.2) is 0 Å². The first-order valence-electron chi connectivity index (χ1n) is 11.8. The normalized spacial score (nSPS) is 13.5. The molecule has 0 saturated carbocycles. The van der Waals surface area contributed by atoms with Crippen LogP contribution in [0.3, 0.4) is 0 Å². The molecule has 2 rings (SSSR count). The van der Waals surface area contributed by atoms with E-state index >= 15 is 0 Å². The second-order valence-corrected chi connectivity index (χ2v) is 8.55. The predicted octanol–water partition coefficient (Wildman–Crippen LogP) is 8.17. The van der Waals surface area contributed by atoms with E-state index in [4.69, 9.17) is 0 Å². The monoisotopic (exact) mass is 382 g/mol. The average Bonchev–Trinajstić information content (AvgIpc) is 3.25. The van der Waals surface area contributed by atoms with Crippen LogP contribution in [-0.4, -0.2) is 9.97 Å². The lowest BCUT2D eigenvalue weighted by Crippen LogP contribution is -2.03. The molecule has 0 spiro atoms. The van der Waals surface area contributed by atoms with E-state index in [1.54, 1.807) is 0 Å². The van der Waals surface area contributed by atoms with Crippen molar-refractivity contribution in [2.24, 2.45) is 0 Å². The fraction of sp³-hybridized carbons (Fsp3) is 0.654. The third-order valence-corrected chi connectivity index (χ3v) is 6.10. The van der Waals surface area contributed by atoms with Crippen LogP contribution < -0.4 is 0 Å². The fourth-order valence-corrected chi connectivity index (χ4v) is 4.23. The van der Waals surface area contributed by atoms with Gasteiger partial charge in [0.2, 0.25) is 0 Å². The standard InChI is InChI=1S/C26H42N2/c1-4-6-7-8-9-10-14-23-16-18-24(19-17-23)22(3)13-11-15-25(12-5-2)26-27-20-21-28-26/h16-22,25H,4-15H2,1-3H3,(H,27,28). The van der Waals surface area contributed by atoms with Crippen LogP contribution in [0.25, 0.3) is 0 Å². The van der Waals surface area contributed by atoms with Crippen LogP contribution >= 0.6 is 0 Å². The van der Waals surface area contributed by atoms with Crippen LogP contribution in [0, 0.1) is 0 Å². The molecule has 28 heavy (non-hydrogen) atoms. The lowest BCUT2D eigenvalue weighted by atomic mass is 9.90. The minimum atomic E-state index is 0.590. The predicted molar refractivity (Wildman–Crippen MR) is 122 cm³/mol. The highest BCUT2D eigenvalue weighted by molar-refractivity contribution is 5.25. The average molecular weight is 383 g/mol. The summed E-state index contributed by atoms with van der Waals surface area (Å²) in [5, 5.41) is 0. The number of nitrogens with zero attached hydrogens (tertiary/aromatic N) is 1. The third kappa shape index (κ3) is 8.20. The quantitative estimate of drug-likeness (QED) is 0.309. The Morgan fingerprint density at radius 2 is 1.57 bits per heavy atom. The number of hydrogen-bond acceptors (Lipinski definition) is 1. The summed E-state index contributed by atoms with van der Waals surface area (Å²) in [6.07, 6.45) is 19.6. The highest BCUT2D eigenvalue weighted by Gasteiger charge is 2.14. The van der Waals surface area contributed by atoms with E-state index in [1.165, 1.54) is 94.0 Å². The van der Waals surface area contributed by atoms with Crippen molar-refractivity contribution in [3.63, 3.8) is 0 Å². The summed E-state index contributed by atoms with van der Waals surface area (Å²) in [5.74, 6) is 2.41. The Hall–Kier alpha value is -1.57. The third-order valence-electron chi connectivity index (χ3n) is 6.10. The van der Waals surface area contributed by atoms with Crippen LogP contribution in [-0.2, 0) is 6.42 Å². The number of hydrogen-bond donors (Lipinski definition) is 1. The summed E-state index contributed by atoms with van der Waals surface area (Å²) in [4.78, 5) is 7.81. The van der Waals surface area contributed by atoms with Gasteiger partial charge in [-0.3, -0.25) is 0 Å². The second kappa shape index (κ2) is 13.6. The Morgan fingerprint density at radius 1 is 0.821 bits per heavy atom. The Morgan fingerprint density at radius 3 is 2.25 bits per heavy atom. The molecule has 1 aromatic heterocycles. The van der Waals surface area contributed by atoms with Crippen LogP contribution in [0.2, 0.25) is 0 Å². The van der Waals surface area contributed by atoms with Crippen LogP contribution in [0.4, 0.5) is 0 Å². The second-order valence-electron chi connectivity index (χ2n) is 8.55. The van der Waals surface area contributed by atoms with Gasteiger partial charge in [-0.05, 0) is 49.1 Å². The molecule has 1 heterocycles. The zero-order valence-corrected chi connectivity index (χ0v) is 18.6. The maximum Gasteiger partial charge on any atom is 0.109 e. The van der Waals surface area contributed by atoms with Gasteiger partial charge in [0.1, 0.15) is 5.82 Å². The van der Waals surface area contributed by atoms with Gasteiger partial charge in [-0.15, -0.1) is 0 Å². The molecule has 1 aromatic carbocycles. The molecule has 0 aliphatic rings. The summed E-state index contributed by atoms with van der Waals surface area (Å²) in [7, 11) is 0. The van der Waals surface area contributed by atoms with Gasteiger partial charge in [0, 0.05) is 18.3 Å². The molecule has 0 amide bonds. The van der Waals surface area contributed by atoms with Crippen LogP contribution in [0.5, 0.6) is 0 Å². The molecule has 0 radical (unpaired) electrons. The smallest absolute Gasteiger partial charge is 0.109 e. The van der Waals surface area contributed by atoms with Gasteiger partial charge in [-0.25, -0.2) is 4.98 Å². The zero-order valence-electron chi connectivity index (χ0n) is 18.6. The lowest BCUT2D eigenvalue weighted by Gasteiger charge is -2.16. The summed E-state index contributed by atoms with van der Waals surface area (Å²) in [6.45, 7) is 6.93. The largest absolute Gasteiger partial charge is 0.348 e. The number of rotatable bonds is 15. The number of nitrogens with one attached hydrogen (secondary N) is 1. The molecular weight excluding hydrogens is 340 g/mol. The number of H-pyrrole nitrogens is 1. The van der Waals surface area contributed by atoms with Crippen molar-refractivity contribution < 1.29 is 0 Å². The van der Waals surface area contributed by atoms with E-state index in [9.17, 15) is 0 Å². The number of imidazole rings is 1. The van der Waals surface area contributed by atoms with Crippen molar-refractivity contribution in [1.82, 2.24) is 9.97 Å². The molecule has 156 valence electrons. The summed E-state index contributed by atoms with van der Waals surface area (Å²) in [5.41, 5.74) is 3.00. The van der Waals surface area contributed by atoms with E-state index in [1.807, 2.05) is 12.4 Å². The Bertz CT molecular complexity index is 600. The minimum absolute atomic E-state index is 0.590. The first-order valence-corrected chi connectivity index (χ1v) is 11.8. The zero-order chi connectivity index (χ0) is 20.0. The molecule has 2 nitrogen and oxygen atoms in total.